The Morgan fingerprint density at radius 1 is 1.17 bits per heavy atom. The summed E-state index contributed by atoms with van der Waals surface area (Å²) >= 11 is 0. The maximum atomic E-state index is 11.5. The maximum Gasteiger partial charge on any atom is 0.333 e. The second-order valence-electron chi connectivity index (χ2n) is 6.05. The number of phenolic OH excluding ortho intramolecular Hbond substituents is 2. The van der Waals surface area contributed by atoms with Gasteiger partial charge < -0.3 is 14.9 Å². The van der Waals surface area contributed by atoms with Crippen molar-refractivity contribution in [2.75, 3.05) is 6.61 Å². The molecule has 4 heteroatoms. The Balaban J connectivity index is 2.66. The van der Waals surface area contributed by atoms with Crippen LogP contribution in [0.25, 0.3) is 0 Å². The zero-order valence-corrected chi connectivity index (χ0v) is 15.3. The van der Waals surface area contributed by atoms with Crippen LogP contribution in [0.5, 0.6) is 11.5 Å². The number of rotatable bonds is 7. The van der Waals surface area contributed by atoms with Crippen molar-refractivity contribution in [3.63, 3.8) is 0 Å². The van der Waals surface area contributed by atoms with E-state index in [-0.39, 0.29) is 17.5 Å². The molecule has 24 heavy (non-hydrogen) atoms. The van der Waals surface area contributed by atoms with Gasteiger partial charge in [-0.3, -0.25) is 0 Å². The third kappa shape index (κ3) is 5.44. The van der Waals surface area contributed by atoms with Gasteiger partial charge in [0.2, 0.25) is 0 Å². The van der Waals surface area contributed by atoms with Crippen LogP contribution in [0.1, 0.15) is 50.3 Å². The van der Waals surface area contributed by atoms with Crippen LogP contribution < -0.4 is 0 Å². The number of benzene rings is 1. The Labute approximate surface area is 144 Å². The predicted octanol–water partition coefficient (Wildman–Crippen LogP) is 4.49. The fourth-order valence-electron chi connectivity index (χ4n) is 2.34. The minimum absolute atomic E-state index is 0.208. The van der Waals surface area contributed by atoms with E-state index in [0.29, 0.717) is 35.3 Å². The molecular weight excluding hydrogens is 304 g/mol. The van der Waals surface area contributed by atoms with Crippen molar-refractivity contribution in [1.82, 2.24) is 0 Å². The summed E-state index contributed by atoms with van der Waals surface area (Å²) in [6.45, 7) is 9.53. The van der Waals surface area contributed by atoms with E-state index in [0.717, 1.165) is 12.8 Å². The molecule has 0 amide bonds. The lowest BCUT2D eigenvalue weighted by molar-refractivity contribution is -0.138. The molecule has 0 bridgehead atoms. The van der Waals surface area contributed by atoms with Gasteiger partial charge in [-0.15, -0.1) is 0 Å². The highest BCUT2D eigenvalue weighted by molar-refractivity contribution is 5.87. The minimum atomic E-state index is -0.269. The van der Waals surface area contributed by atoms with Gasteiger partial charge >= 0.3 is 5.97 Å². The number of hydrogen-bond donors (Lipinski definition) is 2. The van der Waals surface area contributed by atoms with Crippen LogP contribution in [-0.2, 0) is 16.0 Å². The lowest BCUT2D eigenvalue weighted by atomic mass is 9.99. The van der Waals surface area contributed by atoms with Gasteiger partial charge in [0.25, 0.3) is 0 Å². The number of aromatic hydroxyl groups is 2. The molecule has 0 aromatic heterocycles. The third-order valence-corrected chi connectivity index (χ3v) is 4.17. The molecule has 0 saturated carbocycles. The molecule has 0 heterocycles. The van der Waals surface area contributed by atoms with Crippen molar-refractivity contribution in [2.45, 2.75) is 53.9 Å². The molecule has 0 unspecified atom stereocenters. The number of esters is 1. The highest BCUT2D eigenvalue weighted by atomic mass is 16.5. The fourth-order valence-corrected chi connectivity index (χ4v) is 2.34. The first-order chi connectivity index (χ1) is 11.3. The van der Waals surface area contributed by atoms with Crippen molar-refractivity contribution in [2.24, 2.45) is 0 Å². The standard InChI is InChI=1S/C20H28O4/c1-6-24-20(23)14(3)9-7-8-13(2)10-11-17-12-18(21)15(4)16(5)19(17)22/h9-10,12,21-22H,6-8,11H2,1-5H3/b13-10+,14-9+. The van der Waals surface area contributed by atoms with Gasteiger partial charge in [-0.2, -0.15) is 0 Å². The van der Waals surface area contributed by atoms with Gasteiger partial charge in [0, 0.05) is 11.1 Å². The Morgan fingerprint density at radius 2 is 1.83 bits per heavy atom. The molecule has 0 radical (unpaired) electrons. The zero-order valence-electron chi connectivity index (χ0n) is 15.3. The van der Waals surface area contributed by atoms with Crippen LogP contribution in [0, 0.1) is 13.8 Å². The van der Waals surface area contributed by atoms with E-state index in [9.17, 15) is 15.0 Å². The van der Waals surface area contributed by atoms with Crippen LogP contribution in [0.15, 0.2) is 29.4 Å². The summed E-state index contributed by atoms with van der Waals surface area (Å²) in [5, 5.41) is 20.1. The molecule has 1 aromatic rings. The summed E-state index contributed by atoms with van der Waals surface area (Å²) in [6, 6.07) is 1.62. The van der Waals surface area contributed by atoms with Crippen LogP contribution in [0.2, 0.25) is 0 Å². The average molecular weight is 332 g/mol. The van der Waals surface area contributed by atoms with Crippen molar-refractivity contribution < 1.29 is 19.7 Å². The molecular formula is C20H28O4. The van der Waals surface area contributed by atoms with Gasteiger partial charge in [-0.1, -0.05) is 17.7 Å². The SMILES string of the molecule is CCOC(=O)/C(C)=C/CC/C(C)=C/Cc1cc(O)c(C)c(C)c1O. The number of hydrogen-bond acceptors (Lipinski definition) is 4. The third-order valence-electron chi connectivity index (χ3n) is 4.17. The maximum absolute atomic E-state index is 11.5. The first kappa shape index (κ1) is 19.8. The molecule has 0 spiro atoms. The van der Waals surface area contributed by atoms with Gasteiger partial charge in [-0.25, -0.2) is 4.79 Å². The molecule has 1 aromatic carbocycles. The van der Waals surface area contributed by atoms with Gasteiger partial charge in [-0.05, 0) is 71.1 Å². The summed E-state index contributed by atoms with van der Waals surface area (Å²) in [5.74, 6) is 0.182. The molecule has 4 nitrogen and oxygen atoms in total. The summed E-state index contributed by atoms with van der Waals surface area (Å²) < 4.78 is 4.94. The molecule has 132 valence electrons. The Morgan fingerprint density at radius 3 is 2.46 bits per heavy atom. The molecule has 0 fully saturated rings. The Kier molecular flexibility index (Phi) is 7.56. The highest BCUT2D eigenvalue weighted by Gasteiger charge is 2.10. The molecule has 0 aliphatic carbocycles. The minimum Gasteiger partial charge on any atom is -0.508 e. The zero-order chi connectivity index (χ0) is 18.3. The van der Waals surface area contributed by atoms with Gasteiger partial charge in [0.1, 0.15) is 11.5 Å². The van der Waals surface area contributed by atoms with Crippen molar-refractivity contribution in [3.8, 4) is 11.5 Å². The Hall–Kier alpha value is -2.23. The molecule has 2 N–H and O–H groups in total. The molecule has 0 saturated heterocycles. The van der Waals surface area contributed by atoms with Crippen LogP contribution in [0.4, 0.5) is 0 Å². The number of carbonyl (C=O) groups excluding carboxylic acids is 1. The molecule has 0 aliphatic rings. The number of ether oxygens (including phenoxy) is 1. The summed E-state index contributed by atoms with van der Waals surface area (Å²) in [5.41, 5.74) is 3.93. The van der Waals surface area contributed by atoms with E-state index in [1.807, 2.05) is 19.1 Å². The second-order valence-corrected chi connectivity index (χ2v) is 6.05. The van der Waals surface area contributed by atoms with Crippen LogP contribution >= 0.6 is 0 Å². The summed E-state index contributed by atoms with van der Waals surface area (Å²) in [4.78, 5) is 11.5. The van der Waals surface area contributed by atoms with Gasteiger partial charge in [0.15, 0.2) is 0 Å². The number of carbonyl (C=O) groups is 1. The quantitative estimate of drug-likeness (QED) is 0.334. The van der Waals surface area contributed by atoms with E-state index in [4.69, 9.17) is 4.74 Å². The first-order valence-electron chi connectivity index (χ1n) is 8.28. The largest absolute Gasteiger partial charge is 0.508 e. The average Bonchev–Trinajstić information content (AvgIpc) is 2.55. The van der Waals surface area contributed by atoms with Crippen LogP contribution in [-0.4, -0.2) is 22.8 Å². The van der Waals surface area contributed by atoms with Crippen molar-refractivity contribution in [3.05, 3.63) is 46.1 Å². The lowest BCUT2D eigenvalue weighted by Crippen LogP contribution is -2.04. The molecule has 0 aliphatic heterocycles. The van der Waals surface area contributed by atoms with E-state index in [1.165, 1.54) is 5.57 Å². The summed E-state index contributed by atoms with van der Waals surface area (Å²) in [7, 11) is 0. The fraction of sp³-hybridized carbons (Fsp3) is 0.450. The molecule has 0 atom stereocenters. The summed E-state index contributed by atoms with van der Waals surface area (Å²) in [6.07, 6.45) is 6.07. The lowest BCUT2D eigenvalue weighted by Gasteiger charge is -2.10. The van der Waals surface area contributed by atoms with Crippen LogP contribution in [0.3, 0.4) is 0 Å². The Bertz CT molecular complexity index is 654. The van der Waals surface area contributed by atoms with E-state index < -0.39 is 0 Å². The van der Waals surface area contributed by atoms with Crippen molar-refractivity contribution >= 4 is 5.97 Å². The normalized spacial score (nSPS) is 12.4. The smallest absolute Gasteiger partial charge is 0.333 e. The van der Waals surface area contributed by atoms with E-state index in [1.54, 1.807) is 33.8 Å². The van der Waals surface area contributed by atoms with E-state index in [2.05, 4.69) is 0 Å². The van der Waals surface area contributed by atoms with Crippen molar-refractivity contribution in [1.29, 1.82) is 0 Å². The predicted molar refractivity (Wildman–Crippen MR) is 96.3 cm³/mol. The van der Waals surface area contributed by atoms with E-state index >= 15 is 0 Å². The first-order valence-corrected chi connectivity index (χ1v) is 8.28. The number of allylic oxidation sites excluding steroid dienone is 3. The topological polar surface area (TPSA) is 66.8 Å². The monoisotopic (exact) mass is 332 g/mol. The number of phenols is 2. The van der Waals surface area contributed by atoms with Gasteiger partial charge in [0.05, 0.1) is 6.61 Å². The molecule has 1 rings (SSSR count). The highest BCUT2D eigenvalue weighted by Crippen LogP contribution is 2.32. The second kappa shape index (κ2) is 9.16.